The Hall–Kier alpha value is -1.62. The van der Waals surface area contributed by atoms with Crippen LogP contribution in [0.2, 0.25) is 0 Å². The monoisotopic (exact) mass is 250 g/mol. The van der Waals surface area contributed by atoms with Crippen molar-refractivity contribution in [3.8, 4) is 5.75 Å². The molecule has 18 heavy (non-hydrogen) atoms. The number of rotatable bonds is 4. The van der Waals surface area contributed by atoms with Gasteiger partial charge in [-0.2, -0.15) is 0 Å². The van der Waals surface area contributed by atoms with Gasteiger partial charge in [-0.05, 0) is 49.9 Å². The number of nitro benzene ring substituents is 1. The van der Waals surface area contributed by atoms with E-state index in [-0.39, 0.29) is 10.6 Å². The first-order chi connectivity index (χ1) is 8.70. The van der Waals surface area contributed by atoms with Crippen molar-refractivity contribution < 1.29 is 9.66 Å². The zero-order valence-corrected chi connectivity index (χ0v) is 10.5. The number of nitrogens with zero attached hydrogens (tertiary/aromatic N) is 1. The smallest absolute Gasteiger partial charge is 0.311 e. The van der Waals surface area contributed by atoms with Gasteiger partial charge in [0.15, 0.2) is 5.75 Å². The molecule has 0 aromatic heterocycles. The van der Waals surface area contributed by atoms with Gasteiger partial charge in [0.05, 0.1) is 12.0 Å². The van der Waals surface area contributed by atoms with E-state index in [9.17, 15) is 10.1 Å². The second-order valence-electron chi connectivity index (χ2n) is 4.66. The number of nitro groups is 1. The molecule has 0 saturated carbocycles. The van der Waals surface area contributed by atoms with Gasteiger partial charge in [0.1, 0.15) is 0 Å². The van der Waals surface area contributed by atoms with Crippen LogP contribution in [0.5, 0.6) is 5.75 Å². The molecular weight excluding hydrogens is 232 g/mol. The summed E-state index contributed by atoms with van der Waals surface area (Å²) in [6, 6.07) is 5.25. The molecule has 1 heterocycles. The molecule has 98 valence electrons. The van der Waals surface area contributed by atoms with Crippen LogP contribution in [0.15, 0.2) is 18.2 Å². The second kappa shape index (κ2) is 5.82. The van der Waals surface area contributed by atoms with E-state index in [1.54, 1.807) is 12.1 Å². The molecule has 0 unspecified atom stereocenters. The lowest BCUT2D eigenvalue weighted by Crippen LogP contribution is -2.28. The van der Waals surface area contributed by atoms with Gasteiger partial charge < -0.3 is 10.1 Å². The number of benzene rings is 1. The van der Waals surface area contributed by atoms with Gasteiger partial charge >= 0.3 is 5.69 Å². The molecule has 5 nitrogen and oxygen atoms in total. The average Bonchev–Trinajstić information content (AvgIpc) is 2.40. The van der Waals surface area contributed by atoms with Crippen molar-refractivity contribution in [3.05, 3.63) is 33.9 Å². The third kappa shape index (κ3) is 2.98. The summed E-state index contributed by atoms with van der Waals surface area (Å²) < 4.78 is 5.00. The minimum atomic E-state index is -0.384. The standard InChI is InChI=1S/C13H18N2O3/c1-18-13-3-2-11(9-12(13)15(16)17)8-10-4-6-14-7-5-10/h2-3,9-10,14H,4-8H2,1H3. The maximum atomic E-state index is 10.9. The zero-order chi connectivity index (χ0) is 13.0. The quantitative estimate of drug-likeness (QED) is 0.657. The summed E-state index contributed by atoms with van der Waals surface area (Å²) in [4.78, 5) is 10.6. The van der Waals surface area contributed by atoms with Gasteiger partial charge in [-0.3, -0.25) is 10.1 Å². The molecule has 0 aliphatic carbocycles. The van der Waals surface area contributed by atoms with Gasteiger partial charge in [0, 0.05) is 6.07 Å². The van der Waals surface area contributed by atoms with Gasteiger partial charge in [-0.15, -0.1) is 0 Å². The molecule has 1 aliphatic rings. The lowest BCUT2D eigenvalue weighted by Gasteiger charge is -2.22. The molecular formula is C13H18N2O3. The molecule has 1 N–H and O–H groups in total. The van der Waals surface area contributed by atoms with Crippen molar-refractivity contribution in [1.29, 1.82) is 0 Å². The molecule has 0 radical (unpaired) electrons. The Labute approximate surface area is 106 Å². The van der Waals surface area contributed by atoms with E-state index >= 15 is 0 Å². The number of hydrogen-bond acceptors (Lipinski definition) is 4. The predicted molar refractivity (Wildman–Crippen MR) is 68.9 cm³/mol. The van der Waals surface area contributed by atoms with Gasteiger partial charge in [0.25, 0.3) is 0 Å². The van der Waals surface area contributed by atoms with Crippen LogP contribution in [-0.4, -0.2) is 25.1 Å². The molecule has 1 saturated heterocycles. The lowest BCUT2D eigenvalue weighted by molar-refractivity contribution is -0.385. The number of methoxy groups -OCH3 is 1. The van der Waals surface area contributed by atoms with Crippen molar-refractivity contribution >= 4 is 5.69 Å². The summed E-state index contributed by atoms with van der Waals surface area (Å²) in [5.74, 6) is 0.952. The summed E-state index contributed by atoms with van der Waals surface area (Å²) in [7, 11) is 1.45. The van der Waals surface area contributed by atoms with Gasteiger partial charge in [0.2, 0.25) is 0 Å². The van der Waals surface area contributed by atoms with Crippen molar-refractivity contribution in [2.45, 2.75) is 19.3 Å². The Morgan fingerprint density at radius 3 is 2.78 bits per heavy atom. The van der Waals surface area contributed by atoms with Gasteiger partial charge in [-0.25, -0.2) is 0 Å². The van der Waals surface area contributed by atoms with Crippen LogP contribution in [0.3, 0.4) is 0 Å². The minimum Gasteiger partial charge on any atom is -0.490 e. The first-order valence-electron chi connectivity index (χ1n) is 6.22. The van der Waals surface area contributed by atoms with E-state index in [0.717, 1.165) is 37.9 Å². The Morgan fingerprint density at radius 1 is 1.44 bits per heavy atom. The van der Waals surface area contributed by atoms with E-state index < -0.39 is 0 Å². The topological polar surface area (TPSA) is 64.4 Å². The number of nitrogens with one attached hydrogen (secondary N) is 1. The minimum absolute atomic E-state index is 0.0592. The third-order valence-corrected chi connectivity index (χ3v) is 3.42. The van der Waals surface area contributed by atoms with Crippen LogP contribution < -0.4 is 10.1 Å². The highest BCUT2D eigenvalue weighted by Crippen LogP contribution is 2.29. The molecule has 1 aliphatic heterocycles. The van der Waals surface area contributed by atoms with Crippen LogP contribution in [0.25, 0.3) is 0 Å². The van der Waals surface area contributed by atoms with Crippen molar-refractivity contribution in [3.63, 3.8) is 0 Å². The molecule has 0 amide bonds. The second-order valence-corrected chi connectivity index (χ2v) is 4.66. The molecule has 1 aromatic carbocycles. The third-order valence-electron chi connectivity index (χ3n) is 3.42. The van der Waals surface area contributed by atoms with Gasteiger partial charge in [-0.1, -0.05) is 6.07 Å². The van der Waals surface area contributed by atoms with Crippen molar-refractivity contribution in [2.24, 2.45) is 5.92 Å². The molecule has 1 aromatic rings. The fourth-order valence-corrected chi connectivity index (χ4v) is 2.42. The van der Waals surface area contributed by atoms with E-state index in [1.807, 2.05) is 6.07 Å². The maximum absolute atomic E-state index is 10.9. The SMILES string of the molecule is COc1ccc(CC2CCNCC2)cc1[N+](=O)[O-]. The highest BCUT2D eigenvalue weighted by atomic mass is 16.6. The number of hydrogen-bond donors (Lipinski definition) is 1. The van der Waals surface area contributed by atoms with Crippen molar-refractivity contribution in [1.82, 2.24) is 5.32 Å². The highest BCUT2D eigenvalue weighted by molar-refractivity contribution is 5.48. The summed E-state index contributed by atoms with van der Waals surface area (Å²) in [5.41, 5.74) is 1.08. The first kappa shape index (κ1) is 12.8. The molecule has 0 bridgehead atoms. The van der Waals surface area contributed by atoms with E-state index in [1.165, 1.54) is 7.11 Å². The van der Waals surface area contributed by atoms with Crippen LogP contribution >= 0.6 is 0 Å². The van der Waals surface area contributed by atoms with Crippen LogP contribution in [0.1, 0.15) is 18.4 Å². The zero-order valence-electron chi connectivity index (χ0n) is 10.5. The Balaban J connectivity index is 2.13. The fourth-order valence-electron chi connectivity index (χ4n) is 2.42. The molecule has 1 fully saturated rings. The Kier molecular flexibility index (Phi) is 4.15. The highest BCUT2D eigenvalue weighted by Gasteiger charge is 2.18. The van der Waals surface area contributed by atoms with E-state index in [4.69, 9.17) is 4.74 Å². The molecule has 2 rings (SSSR count). The normalized spacial score (nSPS) is 16.5. The Bertz CT molecular complexity index is 428. The largest absolute Gasteiger partial charge is 0.490 e. The van der Waals surface area contributed by atoms with Crippen LogP contribution in [0, 0.1) is 16.0 Å². The fraction of sp³-hybridized carbons (Fsp3) is 0.538. The molecule has 0 spiro atoms. The maximum Gasteiger partial charge on any atom is 0.311 e. The summed E-state index contributed by atoms with van der Waals surface area (Å²) >= 11 is 0. The summed E-state index contributed by atoms with van der Waals surface area (Å²) in [6.07, 6.45) is 3.19. The van der Waals surface area contributed by atoms with E-state index in [0.29, 0.717) is 11.7 Å². The Morgan fingerprint density at radius 2 is 2.17 bits per heavy atom. The first-order valence-corrected chi connectivity index (χ1v) is 6.22. The van der Waals surface area contributed by atoms with Crippen LogP contribution in [0.4, 0.5) is 5.69 Å². The van der Waals surface area contributed by atoms with Crippen molar-refractivity contribution in [2.75, 3.05) is 20.2 Å². The lowest BCUT2D eigenvalue weighted by atomic mass is 9.91. The molecule has 0 atom stereocenters. The van der Waals surface area contributed by atoms with Crippen LogP contribution in [-0.2, 0) is 6.42 Å². The van der Waals surface area contributed by atoms with E-state index in [2.05, 4.69) is 5.32 Å². The molecule has 5 heteroatoms. The number of piperidine rings is 1. The summed E-state index contributed by atoms with van der Waals surface area (Å²) in [5, 5.41) is 14.3. The summed E-state index contributed by atoms with van der Waals surface area (Å²) in [6.45, 7) is 2.09. The average molecular weight is 250 g/mol. The number of ether oxygens (including phenoxy) is 1. The predicted octanol–water partition coefficient (Wildman–Crippen LogP) is 2.15.